The number of benzene rings is 1. The van der Waals surface area contributed by atoms with Gasteiger partial charge in [0.05, 0.1) is 0 Å². The van der Waals surface area contributed by atoms with E-state index in [2.05, 4.69) is 45.0 Å². The van der Waals surface area contributed by atoms with Gasteiger partial charge in [0, 0.05) is 0 Å². The Labute approximate surface area is 118 Å². The summed E-state index contributed by atoms with van der Waals surface area (Å²) in [6.45, 7) is 7.63. The topological polar surface area (TPSA) is 26.0 Å². The standard InChI is InChI=1S/C18H29N/c1-18(2,3)16-10-8-15(9-11-16)17(12-13-19)14-6-4-5-7-14/h8-11,14,17H,4-7,12-13,19H2,1-3H3. The lowest BCUT2D eigenvalue weighted by Gasteiger charge is -2.25. The van der Waals surface area contributed by atoms with Gasteiger partial charge >= 0.3 is 0 Å². The molecule has 1 unspecified atom stereocenters. The van der Waals surface area contributed by atoms with Crippen LogP contribution in [0.5, 0.6) is 0 Å². The molecule has 1 fully saturated rings. The monoisotopic (exact) mass is 259 g/mol. The Morgan fingerprint density at radius 2 is 1.68 bits per heavy atom. The van der Waals surface area contributed by atoms with Crippen LogP contribution >= 0.6 is 0 Å². The SMILES string of the molecule is CC(C)(C)c1ccc(C(CCN)C2CCCC2)cc1. The van der Waals surface area contributed by atoms with Gasteiger partial charge in [-0.1, -0.05) is 57.9 Å². The van der Waals surface area contributed by atoms with Crippen LogP contribution in [0.3, 0.4) is 0 Å². The molecule has 0 spiro atoms. The lowest BCUT2D eigenvalue weighted by atomic mass is 9.80. The quantitative estimate of drug-likeness (QED) is 0.839. The minimum Gasteiger partial charge on any atom is -0.330 e. The highest BCUT2D eigenvalue weighted by Crippen LogP contribution is 2.39. The maximum Gasteiger partial charge on any atom is -0.00713 e. The summed E-state index contributed by atoms with van der Waals surface area (Å²) in [5.41, 5.74) is 9.01. The molecule has 0 heterocycles. The molecule has 2 rings (SSSR count). The van der Waals surface area contributed by atoms with Gasteiger partial charge in [-0.15, -0.1) is 0 Å². The van der Waals surface area contributed by atoms with Crippen LogP contribution in [0.2, 0.25) is 0 Å². The first-order valence-electron chi connectivity index (χ1n) is 7.83. The van der Waals surface area contributed by atoms with Gasteiger partial charge in [-0.3, -0.25) is 0 Å². The maximum atomic E-state index is 5.83. The first-order chi connectivity index (χ1) is 9.02. The minimum atomic E-state index is 0.245. The summed E-state index contributed by atoms with van der Waals surface area (Å²) in [6.07, 6.45) is 6.74. The van der Waals surface area contributed by atoms with Gasteiger partial charge in [0.25, 0.3) is 0 Å². The number of rotatable bonds is 4. The second-order valence-electron chi connectivity index (χ2n) is 7.10. The van der Waals surface area contributed by atoms with E-state index in [1.165, 1.54) is 36.8 Å². The zero-order valence-electron chi connectivity index (χ0n) is 12.8. The van der Waals surface area contributed by atoms with E-state index >= 15 is 0 Å². The first kappa shape index (κ1) is 14.6. The van der Waals surface area contributed by atoms with Crippen LogP contribution in [0.15, 0.2) is 24.3 Å². The van der Waals surface area contributed by atoms with E-state index in [1.807, 2.05) is 0 Å². The van der Waals surface area contributed by atoms with Crippen molar-refractivity contribution in [3.63, 3.8) is 0 Å². The highest BCUT2D eigenvalue weighted by Gasteiger charge is 2.26. The number of hydrogen-bond donors (Lipinski definition) is 1. The summed E-state index contributed by atoms with van der Waals surface area (Å²) in [4.78, 5) is 0. The summed E-state index contributed by atoms with van der Waals surface area (Å²) in [5.74, 6) is 1.55. The zero-order chi connectivity index (χ0) is 13.9. The molecule has 0 aromatic heterocycles. The molecule has 1 aliphatic rings. The number of nitrogens with two attached hydrogens (primary N) is 1. The van der Waals surface area contributed by atoms with Crippen molar-refractivity contribution in [1.29, 1.82) is 0 Å². The fraction of sp³-hybridized carbons (Fsp3) is 0.667. The zero-order valence-corrected chi connectivity index (χ0v) is 12.8. The first-order valence-corrected chi connectivity index (χ1v) is 7.83. The Hall–Kier alpha value is -0.820. The molecule has 106 valence electrons. The van der Waals surface area contributed by atoms with Crippen molar-refractivity contribution in [2.24, 2.45) is 11.7 Å². The van der Waals surface area contributed by atoms with Crippen LogP contribution in [0.4, 0.5) is 0 Å². The van der Waals surface area contributed by atoms with Crippen LogP contribution in [-0.4, -0.2) is 6.54 Å². The molecule has 0 bridgehead atoms. The van der Waals surface area contributed by atoms with E-state index in [1.54, 1.807) is 0 Å². The van der Waals surface area contributed by atoms with Crippen LogP contribution in [0, 0.1) is 5.92 Å². The van der Waals surface area contributed by atoms with Crippen molar-refractivity contribution >= 4 is 0 Å². The molecule has 0 radical (unpaired) electrons. The third kappa shape index (κ3) is 3.60. The normalized spacial score (nSPS) is 18.7. The summed E-state index contributed by atoms with van der Waals surface area (Å²) < 4.78 is 0. The maximum absolute atomic E-state index is 5.83. The van der Waals surface area contributed by atoms with Gasteiger partial charge < -0.3 is 5.73 Å². The second kappa shape index (κ2) is 6.09. The smallest absolute Gasteiger partial charge is 0.00713 e. The van der Waals surface area contributed by atoms with Crippen LogP contribution in [-0.2, 0) is 5.41 Å². The van der Waals surface area contributed by atoms with Gasteiger partial charge in [0.1, 0.15) is 0 Å². The van der Waals surface area contributed by atoms with Crippen LogP contribution in [0.1, 0.15) is 69.9 Å². The third-order valence-corrected chi connectivity index (χ3v) is 4.65. The van der Waals surface area contributed by atoms with Crippen LogP contribution in [0.25, 0.3) is 0 Å². The lowest BCUT2D eigenvalue weighted by molar-refractivity contribution is 0.415. The molecule has 0 saturated heterocycles. The highest BCUT2D eigenvalue weighted by atomic mass is 14.5. The summed E-state index contributed by atoms with van der Waals surface area (Å²) in [5, 5.41) is 0. The molecule has 0 amide bonds. The molecule has 1 aromatic rings. The average Bonchev–Trinajstić information content (AvgIpc) is 2.89. The van der Waals surface area contributed by atoms with Gasteiger partial charge in [-0.05, 0) is 54.2 Å². The predicted octanol–water partition coefficient (Wildman–Crippen LogP) is 4.61. The van der Waals surface area contributed by atoms with E-state index < -0.39 is 0 Å². The van der Waals surface area contributed by atoms with E-state index in [0.717, 1.165) is 18.9 Å². The Bertz CT molecular complexity index is 379. The van der Waals surface area contributed by atoms with E-state index in [4.69, 9.17) is 5.73 Å². The molecule has 1 atom stereocenters. The second-order valence-corrected chi connectivity index (χ2v) is 7.10. The molecule has 1 saturated carbocycles. The fourth-order valence-electron chi connectivity index (χ4n) is 3.44. The molecular formula is C18H29N. The Balaban J connectivity index is 2.17. The molecule has 19 heavy (non-hydrogen) atoms. The minimum absolute atomic E-state index is 0.245. The molecule has 0 aliphatic heterocycles. The Kier molecular flexibility index (Phi) is 4.67. The van der Waals surface area contributed by atoms with Gasteiger partial charge in [0.2, 0.25) is 0 Å². The van der Waals surface area contributed by atoms with Gasteiger partial charge in [-0.2, -0.15) is 0 Å². The highest BCUT2D eigenvalue weighted by molar-refractivity contribution is 5.30. The van der Waals surface area contributed by atoms with Gasteiger partial charge in [-0.25, -0.2) is 0 Å². The van der Waals surface area contributed by atoms with Crippen molar-refractivity contribution in [3.8, 4) is 0 Å². The molecule has 1 aliphatic carbocycles. The summed E-state index contributed by atoms with van der Waals surface area (Å²) in [7, 11) is 0. The molecule has 1 heteroatoms. The number of hydrogen-bond acceptors (Lipinski definition) is 1. The van der Waals surface area contributed by atoms with Crippen molar-refractivity contribution < 1.29 is 0 Å². The predicted molar refractivity (Wildman–Crippen MR) is 83.5 cm³/mol. The Morgan fingerprint density at radius 1 is 1.11 bits per heavy atom. The van der Waals surface area contributed by atoms with Crippen molar-refractivity contribution in [1.82, 2.24) is 0 Å². The fourth-order valence-corrected chi connectivity index (χ4v) is 3.44. The summed E-state index contributed by atoms with van der Waals surface area (Å²) in [6, 6.07) is 9.32. The lowest BCUT2D eigenvalue weighted by Crippen LogP contribution is -2.16. The van der Waals surface area contributed by atoms with Crippen molar-refractivity contribution in [3.05, 3.63) is 35.4 Å². The third-order valence-electron chi connectivity index (χ3n) is 4.65. The van der Waals surface area contributed by atoms with Gasteiger partial charge in [0.15, 0.2) is 0 Å². The van der Waals surface area contributed by atoms with Crippen molar-refractivity contribution in [2.75, 3.05) is 6.54 Å². The van der Waals surface area contributed by atoms with Crippen LogP contribution < -0.4 is 5.73 Å². The van der Waals surface area contributed by atoms with E-state index in [9.17, 15) is 0 Å². The Morgan fingerprint density at radius 3 is 2.16 bits per heavy atom. The van der Waals surface area contributed by atoms with E-state index in [0.29, 0.717) is 5.92 Å². The van der Waals surface area contributed by atoms with Crippen molar-refractivity contribution in [2.45, 2.75) is 64.2 Å². The molecule has 2 N–H and O–H groups in total. The largest absolute Gasteiger partial charge is 0.330 e. The molecular weight excluding hydrogens is 230 g/mol. The molecule has 1 aromatic carbocycles. The average molecular weight is 259 g/mol. The molecule has 1 nitrogen and oxygen atoms in total. The van der Waals surface area contributed by atoms with E-state index in [-0.39, 0.29) is 5.41 Å². The summed E-state index contributed by atoms with van der Waals surface area (Å²) >= 11 is 0.